The second kappa shape index (κ2) is 4.56. The molecule has 1 saturated carbocycles. The lowest BCUT2D eigenvalue weighted by atomic mass is 10.1. The number of amides is 1. The zero-order valence-corrected chi connectivity index (χ0v) is 9.57. The Morgan fingerprint density at radius 2 is 2.06 bits per heavy atom. The molecule has 0 saturated heterocycles. The van der Waals surface area contributed by atoms with Crippen molar-refractivity contribution in [2.24, 2.45) is 11.8 Å². The van der Waals surface area contributed by atoms with E-state index in [-0.39, 0.29) is 11.8 Å². The number of nitrogens with two attached hydrogens (primary N) is 1. The maximum Gasteiger partial charge on any atom is 0.223 e. The van der Waals surface area contributed by atoms with Crippen LogP contribution in [0.4, 0.5) is 5.69 Å². The molecule has 1 aromatic carbocycles. The summed E-state index contributed by atoms with van der Waals surface area (Å²) >= 11 is 0. The molecule has 1 fully saturated rings. The molecule has 0 spiro atoms. The Hall–Kier alpha value is -1.51. The van der Waals surface area contributed by atoms with Crippen LogP contribution in [-0.4, -0.2) is 5.91 Å². The van der Waals surface area contributed by atoms with Crippen molar-refractivity contribution in [3.05, 3.63) is 29.8 Å². The van der Waals surface area contributed by atoms with Crippen LogP contribution in [0.3, 0.4) is 0 Å². The Balaban J connectivity index is 1.82. The molecule has 86 valence electrons. The van der Waals surface area contributed by atoms with Gasteiger partial charge in [-0.2, -0.15) is 0 Å². The highest BCUT2D eigenvalue weighted by molar-refractivity contribution is 5.78. The van der Waals surface area contributed by atoms with Gasteiger partial charge in [-0.05, 0) is 36.5 Å². The third kappa shape index (κ3) is 2.75. The molecular formula is C13H18N2O. The van der Waals surface area contributed by atoms with E-state index in [4.69, 9.17) is 5.73 Å². The minimum atomic E-state index is 0.161. The summed E-state index contributed by atoms with van der Waals surface area (Å²) in [5.74, 6) is 0.944. The summed E-state index contributed by atoms with van der Waals surface area (Å²) in [6.45, 7) is 2.60. The van der Waals surface area contributed by atoms with Gasteiger partial charge in [-0.15, -0.1) is 0 Å². The fourth-order valence-corrected chi connectivity index (χ4v) is 1.80. The van der Waals surface area contributed by atoms with Crippen LogP contribution in [0, 0.1) is 11.8 Å². The molecule has 3 heteroatoms. The number of anilines is 1. The van der Waals surface area contributed by atoms with Gasteiger partial charge >= 0.3 is 0 Å². The molecule has 3 N–H and O–H groups in total. The second-order valence-electron chi connectivity index (χ2n) is 4.59. The smallest absolute Gasteiger partial charge is 0.223 e. The monoisotopic (exact) mass is 218 g/mol. The van der Waals surface area contributed by atoms with Gasteiger partial charge in [0.25, 0.3) is 0 Å². The summed E-state index contributed by atoms with van der Waals surface area (Å²) in [5.41, 5.74) is 7.43. The van der Waals surface area contributed by atoms with Gasteiger partial charge in [0.05, 0.1) is 0 Å². The maximum absolute atomic E-state index is 11.7. The predicted octanol–water partition coefficient (Wildman–Crippen LogP) is 1.93. The minimum Gasteiger partial charge on any atom is -0.399 e. The minimum absolute atomic E-state index is 0.161. The second-order valence-corrected chi connectivity index (χ2v) is 4.59. The first-order valence-corrected chi connectivity index (χ1v) is 5.79. The third-order valence-electron chi connectivity index (χ3n) is 3.19. The van der Waals surface area contributed by atoms with Gasteiger partial charge < -0.3 is 11.1 Å². The van der Waals surface area contributed by atoms with Gasteiger partial charge in [-0.1, -0.05) is 19.1 Å². The standard InChI is InChI=1S/C13H18N2O/c1-9(11-4-5-11)13(16)15-8-10-2-6-12(14)7-3-10/h2-3,6-7,9,11H,4-5,8,14H2,1H3,(H,15,16). The molecule has 0 aromatic heterocycles. The van der Waals surface area contributed by atoms with E-state index in [0.717, 1.165) is 11.3 Å². The first-order chi connectivity index (χ1) is 7.66. The fourth-order valence-electron chi connectivity index (χ4n) is 1.80. The first-order valence-electron chi connectivity index (χ1n) is 5.79. The normalized spacial score (nSPS) is 16.8. The number of nitrogens with one attached hydrogen (secondary N) is 1. The van der Waals surface area contributed by atoms with Gasteiger partial charge in [0.1, 0.15) is 0 Å². The Morgan fingerprint density at radius 3 is 2.62 bits per heavy atom. The van der Waals surface area contributed by atoms with Crippen molar-refractivity contribution in [3.8, 4) is 0 Å². The Morgan fingerprint density at radius 1 is 1.44 bits per heavy atom. The van der Waals surface area contributed by atoms with E-state index in [0.29, 0.717) is 12.5 Å². The summed E-state index contributed by atoms with van der Waals surface area (Å²) in [4.78, 5) is 11.7. The SMILES string of the molecule is CC(C(=O)NCc1ccc(N)cc1)C1CC1. The molecule has 3 nitrogen and oxygen atoms in total. The summed E-state index contributed by atoms with van der Waals surface area (Å²) in [5, 5.41) is 2.96. The number of benzene rings is 1. The van der Waals surface area contributed by atoms with Gasteiger partial charge in [-0.3, -0.25) is 4.79 Å². The van der Waals surface area contributed by atoms with Gasteiger partial charge in [0.2, 0.25) is 5.91 Å². The maximum atomic E-state index is 11.7. The van der Waals surface area contributed by atoms with Gasteiger partial charge in [0.15, 0.2) is 0 Å². The molecule has 0 radical (unpaired) electrons. The lowest BCUT2D eigenvalue weighted by Gasteiger charge is -2.11. The fraction of sp³-hybridized carbons (Fsp3) is 0.462. The number of carbonyl (C=O) groups excluding carboxylic acids is 1. The number of hydrogen-bond acceptors (Lipinski definition) is 2. The largest absolute Gasteiger partial charge is 0.399 e. The molecule has 0 heterocycles. The van der Waals surface area contributed by atoms with Crippen LogP contribution in [0.15, 0.2) is 24.3 Å². The van der Waals surface area contributed by atoms with Crippen LogP contribution in [0.1, 0.15) is 25.3 Å². The van der Waals surface area contributed by atoms with Crippen LogP contribution in [-0.2, 0) is 11.3 Å². The number of hydrogen-bond donors (Lipinski definition) is 2. The molecule has 2 rings (SSSR count). The highest BCUT2D eigenvalue weighted by atomic mass is 16.1. The summed E-state index contributed by atoms with van der Waals surface area (Å²) in [6, 6.07) is 7.59. The van der Waals surface area contributed by atoms with Crippen molar-refractivity contribution in [2.75, 3.05) is 5.73 Å². The van der Waals surface area contributed by atoms with Crippen molar-refractivity contribution in [2.45, 2.75) is 26.3 Å². The molecular weight excluding hydrogens is 200 g/mol. The van der Waals surface area contributed by atoms with Crippen LogP contribution in [0.25, 0.3) is 0 Å². The van der Waals surface area contributed by atoms with Crippen molar-refractivity contribution < 1.29 is 4.79 Å². The van der Waals surface area contributed by atoms with Crippen molar-refractivity contribution >= 4 is 11.6 Å². The number of nitrogen functional groups attached to an aromatic ring is 1. The van der Waals surface area contributed by atoms with Crippen LogP contribution < -0.4 is 11.1 Å². The van der Waals surface area contributed by atoms with Crippen molar-refractivity contribution in [1.82, 2.24) is 5.32 Å². The van der Waals surface area contributed by atoms with E-state index >= 15 is 0 Å². The van der Waals surface area contributed by atoms with Gasteiger partial charge in [0, 0.05) is 18.2 Å². The Kier molecular flexibility index (Phi) is 3.13. The van der Waals surface area contributed by atoms with Crippen molar-refractivity contribution in [3.63, 3.8) is 0 Å². The molecule has 1 unspecified atom stereocenters. The topological polar surface area (TPSA) is 55.1 Å². The van der Waals surface area contributed by atoms with E-state index < -0.39 is 0 Å². The molecule has 16 heavy (non-hydrogen) atoms. The summed E-state index contributed by atoms with van der Waals surface area (Å²) in [6.07, 6.45) is 2.41. The molecule has 1 aromatic rings. The Bertz CT molecular complexity index is 368. The zero-order chi connectivity index (χ0) is 11.5. The van der Waals surface area contributed by atoms with E-state index in [2.05, 4.69) is 5.32 Å². The highest BCUT2D eigenvalue weighted by Gasteiger charge is 2.32. The lowest BCUT2D eigenvalue weighted by Crippen LogP contribution is -2.29. The first kappa shape index (κ1) is 11.0. The molecule has 1 aliphatic carbocycles. The average Bonchev–Trinajstić information content (AvgIpc) is 3.11. The summed E-state index contributed by atoms with van der Waals surface area (Å²) < 4.78 is 0. The van der Waals surface area contributed by atoms with Crippen LogP contribution >= 0.6 is 0 Å². The molecule has 1 atom stereocenters. The number of rotatable bonds is 4. The Labute approximate surface area is 96.0 Å². The quantitative estimate of drug-likeness (QED) is 0.759. The molecule has 1 amide bonds. The van der Waals surface area contributed by atoms with Crippen molar-refractivity contribution in [1.29, 1.82) is 0 Å². The van der Waals surface area contributed by atoms with E-state index in [1.165, 1.54) is 12.8 Å². The number of carbonyl (C=O) groups is 1. The molecule has 0 aliphatic heterocycles. The highest BCUT2D eigenvalue weighted by Crippen LogP contribution is 2.36. The van der Waals surface area contributed by atoms with Crippen LogP contribution in [0.5, 0.6) is 0 Å². The zero-order valence-electron chi connectivity index (χ0n) is 9.57. The van der Waals surface area contributed by atoms with Gasteiger partial charge in [-0.25, -0.2) is 0 Å². The lowest BCUT2D eigenvalue weighted by molar-refractivity contribution is -0.125. The van der Waals surface area contributed by atoms with Crippen LogP contribution in [0.2, 0.25) is 0 Å². The third-order valence-corrected chi connectivity index (χ3v) is 3.19. The van der Waals surface area contributed by atoms with E-state index in [9.17, 15) is 4.79 Å². The summed E-state index contributed by atoms with van der Waals surface area (Å²) in [7, 11) is 0. The van der Waals surface area contributed by atoms with E-state index in [1.54, 1.807) is 0 Å². The molecule has 0 bridgehead atoms. The predicted molar refractivity (Wildman–Crippen MR) is 64.6 cm³/mol. The molecule has 1 aliphatic rings. The van der Waals surface area contributed by atoms with E-state index in [1.807, 2.05) is 31.2 Å². The average molecular weight is 218 g/mol.